The number of hydrogen-bond donors (Lipinski definition) is 1. The largest absolute Gasteiger partial charge is 0.478 e. The number of carbonyl (C=O) groups is 2. The van der Waals surface area contributed by atoms with Crippen LogP contribution in [0.4, 0.5) is 10.5 Å². The van der Waals surface area contributed by atoms with Crippen LogP contribution in [0.3, 0.4) is 0 Å². The number of halogens is 1. The molecule has 0 heterocycles. The molecule has 1 aliphatic carbocycles. The van der Waals surface area contributed by atoms with Gasteiger partial charge in [-0.2, -0.15) is 0 Å². The van der Waals surface area contributed by atoms with Crippen molar-refractivity contribution in [3.8, 4) is 11.1 Å². The normalized spacial score (nSPS) is 12.0. The number of carboxylic acid groups (broad SMARTS) is 1. The fourth-order valence-electron chi connectivity index (χ4n) is 4.98. The number of aryl methyl sites for hydroxylation is 1. The fourth-order valence-corrected chi connectivity index (χ4v) is 5.16. The van der Waals surface area contributed by atoms with Crippen molar-refractivity contribution in [2.45, 2.75) is 18.8 Å². The van der Waals surface area contributed by atoms with Gasteiger partial charge in [0.05, 0.1) is 11.3 Å². The van der Waals surface area contributed by atoms with Gasteiger partial charge >= 0.3 is 12.1 Å². The molecule has 0 bridgehead atoms. The Balaban J connectivity index is 1.39. The van der Waals surface area contributed by atoms with E-state index in [4.69, 9.17) is 16.3 Å². The van der Waals surface area contributed by atoms with Crippen molar-refractivity contribution in [1.82, 2.24) is 0 Å². The van der Waals surface area contributed by atoms with Gasteiger partial charge in [-0.1, -0.05) is 90.5 Å². The summed E-state index contributed by atoms with van der Waals surface area (Å²) in [6.45, 7) is 0.450. The van der Waals surface area contributed by atoms with Crippen LogP contribution in [0.1, 0.15) is 39.4 Å². The molecule has 1 amide bonds. The second-order valence-corrected chi connectivity index (χ2v) is 9.45. The molecule has 0 radical (unpaired) electrons. The van der Waals surface area contributed by atoms with E-state index in [0.29, 0.717) is 13.0 Å². The van der Waals surface area contributed by atoms with Crippen LogP contribution in [0, 0.1) is 0 Å². The van der Waals surface area contributed by atoms with E-state index < -0.39 is 12.1 Å². The van der Waals surface area contributed by atoms with Crippen LogP contribution in [0.5, 0.6) is 0 Å². The monoisotopic (exact) mass is 511 g/mol. The number of hydrogen-bond acceptors (Lipinski definition) is 3. The third kappa shape index (κ3) is 5.23. The molecule has 0 saturated heterocycles. The van der Waals surface area contributed by atoms with Crippen LogP contribution in [0.15, 0.2) is 97.1 Å². The van der Waals surface area contributed by atoms with Crippen LogP contribution in [0.2, 0.25) is 5.02 Å². The zero-order valence-corrected chi connectivity index (χ0v) is 20.9. The number of carbonyl (C=O) groups excluding carboxylic acids is 1. The Kier molecular flexibility index (Phi) is 7.24. The number of anilines is 1. The van der Waals surface area contributed by atoms with Gasteiger partial charge in [-0.3, -0.25) is 4.90 Å². The standard InChI is InChI=1S/C31H26ClNO4/c32-22-16-17-29(27(19-22)30(34)35)33(18-8-11-21-9-2-1-3-10-21)31(36)37-20-28-25-14-6-4-12-23(25)24-13-5-7-15-26(24)28/h1-7,9-10,12-17,19,28H,8,11,18,20H2,(H,34,35). The van der Waals surface area contributed by atoms with Crippen LogP contribution in [-0.2, 0) is 11.2 Å². The number of nitrogens with zero attached hydrogens (tertiary/aromatic N) is 1. The van der Waals surface area contributed by atoms with Crippen molar-refractivity contribution >= 4 is 29.4 Å². The Bertz CT molecular complexity index is 1390. The summed E-state index contributed by atoms with van der Waals surface area (Å²) >= 11 is 6.07. The first-order valence-corrected chi connectivity index (χ1v) is 12.6. The highest BCUT2D eigenvalue weighted by Gasteiger charge is 2.30. The average molecular weight is 512 g/mol. The lowest BCUT2D eigenvalue weighted by molar-refractivity contribution is 0.0697. The molecule has 0 unspecified atom stereocenters. The number of aromatic carboxylic acids is 1. The number of rotatable bonds is 8. The average Bonchev–Trinajstić information content (AvgIpc) is 3.24. The number of carboxylic acids is 1. The number of ether oxygens (including phenoxy) is 1. The maximum Gasteiger partial charge on any atom is 0.414 e. The van der Waals surface area contributed by atoms with E-state index in [1.54, 1.807) is 12.1 Å². The summed E-state index contributed by atoms with van der Waals surface area (Å²) in [5.41, 5.74) is 5.89. The van der Waals surface area contributed by atoms with Gasteiger partial charge < -0.3 is 9.84 Å². The van der Waals surface area contributed by atoms with E-state index in [2.05, 4.69) is 24.3 Å². The highest BCUT2D eigenvalue weighted by atomic mass is 35.5. The van der Waals surface area contributed by atoms with Crippen molar-refractivity contribution in [3.63, 3.8) is 0 Å². The van der Waals surface area contributed by atoms with Crippen LogP contribution >= 0.6 is 11.6 Å². The Morgan fingerprint density at radius 2 is 1.46 bits per heavy atom. The molecule has 1 N–H and O–H groups in total. The van der Waals surface area contributed by atoms with Crippen molar-refractivity contribution < 1.29 is 19.4 Å². The molecular weight excluding hydrogens is 486 g/mol. The van der Waals surface area contributed by atoms with Crippen molar-refractivity contribution in [2.75, 3.05) is 18.1 Å². The molecule has 5 rings (SSSR count). The third-order valence-corrected chi connectivity index (χ3v) is 6.96. The van der Waals surface area contributed by atoms with E-state index in [0.717, 1.165) is 34.2 Å². The maximum absolute atomic E-state index is 13.5. The summed E-state index contributed by atoms with van der Waals surface area (Å²) in [7, 11) is 0. The second-order valence-electron chi connectivity index (χ2n) is 9.01. The first-order valence-electron chi connectivity index (χ1n) is 12.2. The molecule has 0 fully saturated rings. The van der Waals surface area contributed by atoms with Gasteiger partial charge in [0.1, 0.15) is 6.61 Å². The first-order chi connectivity index (χ1) is 18.0. The smallest absolute Gasteiger partial charge is 0.414 e. The predicted octanol–water partition coefficient (Wildman–Crippen LogP) is 7.43. The maximum atomic E-state index is 13.5. The highest BCUT2D eigenvalue weighted by Crippen LogP contribution is 2.44. The number of fused-ring (bicyclic) bond motifs is 3. The molecule has 0 aliphatic heterocycles. The Labute approximate surface area is 220 Å². The molecular formula is C31H26ClNO4. The van der Waals surface area contributed by atoms with Crippen LogP contribution in [-0.4, -0.2) is 30.3 Å². The van der Waals surface area contributed by atoms with Gasteiger partial charge in [-0.05, 0) is 58.9 Å². The lowest BCUT2D eigenvalue weighted by Gasteiger charge is -2.25. The molecule has 186 valence electrons. The van der Waals surface area contributed by atoms with Gasteiger partial charge in [0.25, 0.3) is 0 Å². The summed E-state index contributed by atoms with van der Waals surface area (Å²) < 4.78 is 5.89. The quantitative estimate of drug-likeness (QED) is 0.267. The zero-order chi connectivity index (χ0) is 25.8. The summed E-state index contributed by atoms with van der Waals surface area (Å²) in [5, 5.41) is 10.1. The van der Waals surface area contributed by atoms with Crippen molar-refractivity contribution in [2.24, 2.45) is 0 Å². The van der Waals surface area contributed by atoms with Gasteiger partial charge in [-0.15, -0.1) is 0 Å². The first kappa shape index (κ1) is 24.6. The molecule has 0 spiro atoms. The minimum Gasteiger partial charge on any atom is -0.478 e. The van der Waals surface area contributed by atoms with Gasteiger partial charge in [0.15, 0.2) is 0 Å². The summed E-state index contributed by atoms with van der Waals surface area (Å²) in [6, 6.07) is 30.8. The topological polar surface area (TPSA) is 66.8 Å². The minimum absolute atomic E-state index is 0.0410. The van der Waals surface area contributed by atoms with Gasteiger partial charge in [0.2, 0.25) is 0 Å². The Morgan fingerprint density at radius 3 is 2.11 bits per heavy atom. The SMILES string of the molecule is O=C(O)c1cc(Cl)ccc1N(CCCc1ccccc1)C(=O)OCC1c2ccccc2-c2ccccc21. The molecule has 6 heteroatoms. The van der Waals surface area contributed by atoms with Crippen molar-refractivity contribution in [3.05, 3.63) is 124 Å². The lowest BCUT2D eigenvalue weighted by atomic mass is 9.98. The fraction of sp³-hybridized carbons (Fsp3) is 0.161. The van der Waals surface area contributed by atoms with E-state index in [1.165, 1.54) is 11.0 Å². The summed E-state index contributed by atoms with van der Waals surface area (Å²) in [5.74, 6) is -1.25. The summed E-state index contributed by atoms with van der Waals surface area (Å²) in [4.78, 5) is 26.9. The molecule has 0 aromatic heterocycles. The lowest BCUT2D eigenvalue weighted by Crippen LogP contribution is -2.35. The minimum atomic E-state index is -1.16. The van der Waals surface area contributed by atoms with E-state index in [-0.39, 0.29) is 28.8 Å². The van der Waals surface area contributed by atoms with E-state index in [1.807, 2.05) is 54.6 Å². The summed E-state index contributed by atoms with van der Waals surface area (Å²) in [6.07, 6.45) is 0.791. The molecule has 0 saturated carbocycles. The van der Waals surface area contributed by atoms with Gasteiger partial charge in [-0.25, -0.2) is 9.59 Å². The second kappa shape index (κ2) is 10.9. The molecule has 4 aromatic rings. The molecule has 4 aromatic carbocycles. The Morgan fingerprint density at radius 1 is 0.838 bits per heavy atom. The Hall–Kier alpha value is -4.09. The van der Waals surface area contributed by atoms with Crippen LogP contribution < -0.4 is 4.90 Å². The molecule has 37 heavy (non-hydrogen) atoms. The van der Waals surface area contributed by atoms with Gasteiger partial charge in [0, 0.05) is 17.5 Å². The zero-order valence-electron chi connectivity index (χ0n) is 20.1. The highest BCUT2D eigenvalue weighted by molar-refractivity contribution is 6.31. The molecule has 1 aliphatic rings. The van der Waals surface area contributed by atoms with Crippen molar-refractivity contribution in [1.29, 1.82) is 0 Å². The molecule has 5 nitrogen and oxygen atoms in total. The van der Waals surface area contributed by atoms with E-state index in [9.17, 15) is 14.7 Å². The number of benzene rings is 4. The third-order valence-electron chi connectivity index (χ3n) is 6.73. The predicted molar refractivity (Wildman–Crippen MR) is 146 cm³/mol. The van der Waals surface area contributed by atoms with Crippen LogP contribution in [0.25, 0.3) is 11.1 Å². The number of amides is 1. The van der Waals surface area contributed by atoms with E-state index >= 15 is 0 Å². The molecule has 0 atom stereocenters.